The van der Waals surface area contributed by atoms with E-state index in [1.54, 1.807) is 4.90 Å². The van der Waals surface area contributed by atoms with Crippen molar-refractivity contribution in [3.63, 3.8) is 0 Å². The van der Waals surface area contributed by atoms with Gasteiger partial charge in [-0.3, -0.25) is 9.59 Å². The molecule has 2 fully saturated rings. The maximum absolute atomic E-state index is 12.3. The smallest absolute Gasteiger partial charge is 0.308 e. The molecule has 2 heterocycles. The number of carbonyl (C=O) groups excluding carboxylic acids is 2. The number of carbonyl (C=O) groups is 2. The molecule has 0 aliphatic carbocycles. The van der Waals surface area contributed by atoms with Gasteiger partial charge in [-0.2, -0.15) is 0 Å². The Balaban J connectivity index is 1.89. The van der Waals surface area contributed by atoms with E-state index in [0.717, 1.165) is 0 Å². The number of esters is 1. The molecule has 2 N–H and O–H groups in total. The highest BCUT2D eigenvalue weighted by molar-refractivity contribution is 5.87. The summed E-state index contributed by atoms with van der Waals surface area (Å²) in [4.78, 5) is 25.4. The molecule has 0 spiro atoms. The zero-order valence-electron chi connectivity index (χ0n) is 10.7. The van der Waals surface area contributed by atoms with Crippen LogP contribution in [-0.2, 0) is 19.1 Å². The van der Waals surface area contributed by atoms with Crippen LogP contribution in [0.4, 0.5) is 0 Å². The number of methoxy groups -OCH3 is 1. The Morgan fingerprint density at radius 1 is 1.39 bits per heavy atom. The molecule has 0 saturated carbocycles. The second-order valence-electron chi connectivity index (χ2n) is 5.05. The fourth-order valence-electron chi connectivity index (χ4n) is 2.55. The Labute approximate surface area is 106 Å². The third-order valence-corrected chi connectivity index (χ3v) is 3.79. The minimum atomic E-state index is -0.863. The molecule has 102 valence electrons. The molecule has 2 rings (SSSR count). The number of nitrogens with two attached hydrogens (primary N) is 1. The minimum Gasteiger partial charge on any atom is -0.469 e. The Bertz CT molecular complexity index is 331. The van der Waals surface area contributed by atoms with Crippen LogP contribution < -0.4 is 5.73 Å². The van der Waals surface area contributed by atoms with Gasteiger partial charge >= 0.3 is 5.97 Å². The van der Waals surface area contributed by atoms with Crippen LogP contribution in [0, 0.1) is 5.92 Å². The third kappa shape index (κ3) is 2.49. The van der Waals surface area contributed by atoms with Gasteiger partial charge in [0.1, 0.15) is 5.54 Å². The average molecular weight is 256 g/mol. The molecule has 6 heteroatoms. The van der Waals surface area contributed by atoms with Crippen LogP contribution in [-0.4, -0.2) is 55.7 Å². The predicted octanol–water partition coefficient (Wildman–Crippen LogP) is -0.484. The fraction of sp³-hybridized carbons (Fsp3) is 0.833. The van der Waals surface area contributed by atoms with Crippen LogP contribution in [0.1, 0.15) is 19.3 Å². The van der Waals surface area contributed by atoms with E-state index in [9.17, 15) is 9.59 Å². The Morgan fingerprint density at radius 2 is 2.06 bits per heavy atom. The maximum atomic E-state index is 12.3. The van der Waals surface area contributed by atoms with Crippen molar-refractivity contribution < 1.29 is 19.1 Å². The highest BCUT2D eigenvalue weighted by Gasteiger charge is 2.42. The standard InChI is InChI=1S/C12H20N2O4/c1-17-10(15)9-2-5-14(6-3-9)11(16)12(13)4-7-18-8-12/h9H,2-8,13H2,1H3. The first-order valence-electron chi connectivity index (χ1n) is 6.30. The van der Waals surface area contributed by atoms with E-state index in [1.165, 1.54) is 7.11 Å². The van der Waals surface area contributed by atoms with E-state index in [0.29, 0.717) is 45.6 Å². The summed E-state index contributed by atoms with van der Waals surface area (Å²) in [5.74, 6) is -0.329. The first kappa shape index (κ1) is 13.3. The van der Waals surface area contributed by atoms with Crippen LogP contribution in [0.5, 0.6) is 0 Å². The summed E-state index contributed by atoms with van der Waals surface area (Å²) < 4.78 is 9.92. The van der Waals surface area contributed by atoms with Gasteiger partial charge in [0, 0.05) is 19.7 Å². The van der Waals surface area contributed by atoms with Crippen molar-refractivity contribution in [2.24, 2.45) is 11.7 Å². The van der Waals surface area contributed by atoms with Gasteiger partial charge in [-0.25, -0.2) is 0 Å². The molecule has 2 aliphatic heterocycles. The lowest BCUT2D eigenvalue weighted by atomic mass is 9.93. The van der Waals surface area contributed by atoms with Crippen molar-refractivity contribution in [1.82, 2.24) is 4.90 Å². The molecule has 18 heavy (non-hydrogen) atoms. The summed E-state index contributed by atoms with van der Waals surface area (Å²) in [5.41, 5.74) is 5.18. The van der Waals surface area contributed by atoms with Crippen molar-refractivity contribution in [3.8, 4) is 0 Å². The van der Waals surface area contributed by atoms with Crippen LogP contribution in [0.2, 0.25) is 0 Å². The number of nitrogens with zero attached hydrogens (tertiary/aromatic N) is 1. The van der Waals surface area contributed by atoms with E-state index >= 15 is 0 Å². The molecule has 1 unspecified atom stereocenters. The molecule has 1 atom stereocenters. The highest BCUT2D eigenvalue weighted by Crippen LogP contribution is 2.23. The number of likely N-dealkylation sites (tertiary alicyclic amines) is 1. The maximum Gasteiger partial charge on any atom is 0.308 e. The topological polar surface area (TPSA) is 81.9 Å². The lowest BCUT2D eigenvalue weighted by molar-refractivity contribution is -0.149. The normalized spacial score (nSPS) is 29.3. The zero-order valence-corrected chi connectivity index (χ0v) is 10.7. The number of ether oxygens (including phenoxy) is 2. The van der Waals surface area contributed by atoms with Crippen LogP contribution in [0.25, 0.3) is 0 Å². The van der Waals surface area contributed by atoms with Gasteiger partial charge in [-0.05, 0) is 19.3 Å². The monoisotopic (exact) mass is 256 g/mol. The van der Waals surface area contributed by atoms with E-state index in [2.05, 4.69) is 0 Å². The lowest BCUT2D eigenvalue weighted by Crippen LogP contribution is -2.57. The van der Waals surface area contributed by atoms with Crippen molar-refractivity contribution in [3.05, 3.63) is 0 Å². The molecule has 1 amide bonds. The van der Waals surface area contributed by atoms with Gasteiger partial charge < -0.3 is 20.1 Å². The summed E-state index contributed by atoms with van der Waals surface area (Å²) in [6, 6.07) is 0. The third-order valence-electron chi connectivity index (χ3n) is 3.79. The SMILES string of the molecule is COC(=O)C1CCN(C(=O)C2(N)CCOC2)CC1. The lowest BCUT2D eigenvalue weighted by Gasteiger charge is -2.35. The largest absolute Gasteiger partial charge is 0.469 e. The van der Waals surface area contributed by atoms with Crippen molar-refractivity contribution in [1.29, 1.82) is 0 Å². The van der Waals surface area contributed by atoms with E-state index < -0.39 is 5.54 Å². The van der Waals surface area contributed by atoms with Gasteiger partial charge in [-0.15, -0.1) is 0 Å². The molecule has 6 nitrogen and oxygen atoms in total. The van der Waals surface area contributed by atoms with E-state index in [4.69, 9.17) is 15.2 Å². The van der Waals surface area contributed by atoms with E-state index in [1.807, 2.05) is 0 Å². The second-order valence-corrected chi connectivity index (χ2v) is 5.05. The summed E-state index contributed by atoms with van der Waals surface area (Å²) in [7, 11) is 1.39. The summed E-state index contributed by atoms with van der Waals surface area (Å²) in [6.45, 7) is 1.97. The quantitative estimate of drug-likeness (QED) is 0.675. The van der Waals surface area contributed by atoms with Crippen LogP contribution >= 0.6 is 0 Å². The summed E-state index contributed by atoms with van der Waals surface area (Å²) >= 11 is 0. The summed E-state index contributed by atoms with van der Waals surface area (Å²) in [6.07, 6.45) is 1.87. The van der Waals surface area contributed by atoms with Gasteiger partial charge in [0.2, 0.25) is 5.91 Å². The number of rotatable bonds is 2. The van der Waals surface area contributed by atoms with Crippen LogP contribution in [0.3, 0.4) is 0 Å². The highest BCUT2D eigenvalue weighted by atomic mass is 16.5. The Kier molecular flexibility index (Phi) is 3.87. The first-order valence-corrected chi connectivity index (χ1v) is 6.30. The molecule has 0 bridgehead atoms. The molecule has 0 aromatic carbocycles. The Hall–Kier alpha value is -1.14. The number of amides is 1. The van der Waals surface area contributed by atoms with Gasteiger partial charge in [-0.1, -0.05) is 0 Å². The number of hydrogen-bond donors (Lipinski definition) is 1. The zero-order chi connectivity index (χ0) is 13.2. The molecule has 0 aromatic rings. The molecular formula is C12H20N2O4. The molecule has 2 saturated heterocycles. The molecular weight excluding hydrogens is 236 g/mol. The van der Waals surface area contributed by atoms with Gasteiger partial charge in [0.15, 0.2) is 0 Å². The fourth-order valence-corrected chi connectivity index (χ4v) is 2.55. The molecule has 2 aliphatic rings. The predicted molar refractivity (Wildman–Crippen MR) is 63.7 cm³/mol. The second kappa shape index (κ2) is 5.24. The average Bonchev–Trinajstić information content (AvgIpc) is 2.85. The summed E-state index contributed by atoms with van der Waals surface area (Å²) in [5, 5.41) is 0. The molecule has 0 radical (unpaired) electrons. The van der Waals surface area contributed by atoms with Crippen LogP contribution in [0.15, 0.2) is 0 Å². The Morgan fingerprint density at radius 3 is 2.56 bits per heavy atom. The van der Waals surface area contributed by atoms with E-state index in [-0.39, 0.29) is 17.8 Å². The minimum absolute atomic E-state index is 0.0525. The van der Waals surface area contributed by atoms with Gasteiger partial charge in [0.25, 0.3) is 0 Å². The van der Waals surface area contributed by atoms with Crippen molar-refractivity contribution in [2.45, 2.75) is 24.8 Å². The number of piperidine rings is 1. The van der Waals surface area contributed by atoms with Crippen molar-refractivity contribution in [2.75, 3.05) is 33.4 Å². The molecule has 0 aromatic heterocycles. The first-order chi connectivity index (χ1) is 8.57. The van der Waals surface area contributed by atoms with Gasteiger partial charge in [0.05, 0.1) is 19.6 Å². The number of hydrogen-bond acceptors (Lipinski definition) is 5. The van der Waals surface area contributed by atoms with Crippen molar-refractivity contribution >= 4 is 11.9 Å².